The van der Waals surface area contributed by atoms with Gasteiger partial charge in [0.05, 0.1) is 5.56 Å². The molecule has 2 aliphatic heterocycles. The van der Waals surface area contributed by atoms with Crippen LogP contribution in [0.25, 0.3) is 0 Å². The predicted octanol–water partition coefficient (Wildman–Crippen LogP) is 2.67. The van der Waals surface area contributed by atoms with Crippen LogP contribution in [0.1, 0.15) is 27.0 Å². The maximum Gasteiger partial charge on any atom is 0.339 e. The van der Waals surface area contributed by atoms with Crippen LogP contribution in [0.2, 0.25) is 0 Å². The molecule has 4 nitrogen and oxygen atoms in total. The molecule has 0 fully saturated rings. The topological polar surface area (TPSA) is 46.6 Å². The summed E-state index contributed by atoms with van der Waals surface area (Å²) in [6.07, 6.45) is 0.556. The summed E-state index contributed by atoms with van der Waals surface area (Å²) < 4.78 is 5.40. The van der Waals surface area contributed by atoms with Crippen LogP contribution in [0.15, 0.2) is 42.5 Å². The first kappa shape index (κ1) is 14.0. The standard InChI is InChI=1S/C19H17NO3/c1-12-6-7-13-8-9-20(16(13)10-12)18(21)17-11-14-4-2-3-5-15(14)19(22)23-17/h2-7,10,17H,8-9,11H2,1H3. The van der Waals surface area contributed by atoms with E-state index in [1.165, 1.54) is 5.56 Å². The Morgan fingerprint density at radius 1 is 1.17 bits per heavy atom. The average molecular weight is 307 g/mol. The van der Waals surface area contributed by atoms with Crippen molar-refractivity contribution in [1.29, 1.82) is 0 Å². The smallest absolute Gasteiger partial charge is 0.339 e. The highest BCUT2D eigenvalue weighted by Crippen LogP contribution is 2.31. The lowest BCUT2D eigenvalue weighted by atomic mass is 9.98. The molecule has 2 heterocycles. The third-order valence-electron chi connectivity index (χ3n) is 4.57. The summed E-state index contributed by atoms with van der Waals surface area (Å²) in [5, 5.41) is 0. The molecular formula is C19H17NO3. The molecule has 23 heavy (non-hydrogen) atoms. The number of aryl methyl sites for hydroxylation is 1. The van der Waals surface area contributed by atoms with Gasteiger partial charge in [0.2, 0.25) is 0 Å². The number of carbonyl (C=O) groups is 2. The molecule has 2 aromatic rings. The van der Waals surface area contributed by atoms with Crippen LogP contribution in [0.3, 0.4) is 0 Å². The third kappa shape index (κ3) is 2.31. The van der Waals surface area contributed by atoms with Crippen molar-refractivity contribution in [3.8, 4) is 0 Å². The number of benzene rings is 2. The largest absolute Gasteiger partial charge is 0.448 e. The monoisotopic (exact) mass is 307 g/mol. The lowest BCUT2D eigenvalue weighted by Crippen LogP contribution is -2.44. The highest BCUT2D eigenvalue weighted by molar-refractivity contribution is 6.02. The summed E-state index contributed by atoms with van der Waals surface area (Å²) in [5.74, 6) is -0.536. The van der Waals surface area contributed by atoms with Crippen molar-refractivity contribution >= 4 is 17.6 Å². The first-order valence-electron chi connectivity index (χ1n) is 7.83. The van der Waals surface area contributed by atoms with E-state index in [4.69, 9.17) is 4.74 Å². The molecule has 0 aromatic heterocycles. The van der Waals surface area contributed by atoms with Crippen LogP contribution < -0.4 is 4.90 Å². The fraction of sp³-hybridized carbons (Fsp3) is 0.263. The minimum atomic E-state index is -0.733. The Morgan fingerprint density at radius 2 is 2.00 bits per heavy atom. The van der Waals surface area contributed by atoms with Gasteiger partial charge >= 0.3 is 5.97 Å². The van der Waals surface area contributed by atoms with Gasteiger partial charge in [-0.1, -0.05) is 30.3 Å². The highest BCUT2D eigenvalue weighted by Gasteiger charge is 2.36. The molecule has 0 aliphatic carbocycles. The van der Waals surface area contributed by atoms with Gasteiger partial charge in [0.25, 0.3) is 5.91 Å². The Kier molecular flexibility index (Phi) is 3.18. The molecule has 0 bridgehead atoms. The summed E-state index contributed by atoms with van der Waals surface area (Å²) in [4.78, 5) is 26.8. The third-order valence-corrected chi connectivity index (χ3v) is 4.57. The van der Waals surface area contributed by atoms with Crippen LogP contribution in [-0.4, -0.2) is 24.5 Å². The molecule has 4 rings (SSSR count). The fourth-order valence-electron chi connectivity index (χ4n) is 3.36. The van der Waals surface area contributed by atoms with E-state index in [0.29, 0.717) is 18.5 Å². The van der Waals surface area contributed by atoms with Gasteiger partial charge in [0, 0.05) is 18.7 Å². The second-order valence-electron chi connectivity index (χ2n) is 6.13. The number of anilines is 1. The number of rotatable bonds is 1. The van der Waals surface area contributed by atoms with E-state index >= 15 is 0 Å². The van der Waals surface area contributed by atoms with Gasteiger partial charge in [-0.2, -0.15) is 0 Å². The van der Waals surface area contributed by atoms with E-state index in [-0.39, 0.29) is 5.91 Å². The number of esters is 1. The van der Waals surface area contributed by atoms with Crippen molar-refractivity contribution in [2.75, 3.05) is 11.4 Å². The first-order chi connectivity index (χ1) is 11.1. The number of carbonyl (C=O) groups excluding carboxylic acids is 2. The molecule has 4 heteroatoms. The van der Waals surface area contributed by atoms with Crippen molar-refractivity contribution in [3.63, 3.8) is 0 Å². The Morgan fingerprint density at radius 3 is 2.87 bits per heavy atom. The van der Waals surface area contributed by atoms with Gasteiger partial charge < -0.3 is 9.64 Å². The van der Waals surface area contributed by atoms with Crippen molar-refractivity contribution in [1.82, 2.24) is 0 Å². The van der Waals surface area contributed by atoms with Crippen LogP contribution in [0, 0.1) is 6.92 Å². The van der Waals surface area contributed by atoms with Gasteiger partial charge in [0.1, 0.15) is 0 Å². The molecule has 2 aliphatic rings. The fourth-order valence-corrected chi connectivity index (χ4v) is 3.36. The molecule has 0 N–H and O–H groups in total. The van der Waals surface area contributed by atoms with E-state index < -0.39 is 12.1 Å². The quantitative estimate of drug-likeness (QED) is 0.761. The minimum Gasteiger partial charge on any atom is -0.448 e. The summed E-state index contributed by atoms with van der Waals surface area (Å²) in [6, 6.07) is 13.5. The second-order valence-corrected chi connectivity index (χ2v) is 6.13. The van der Waals surface area contributed by atoms with E-state index in [1.807, 2.05) is 31.2 Å². The van der Waals surface area contributed by atoms with Crippen molar-refractivity contribution < 1.29 is 14.3 Å². The number of fused-ring (bicyclic) bond motifs is 2. The molecule has 0 saturated carbocycles. The van der Waals surface area contributed by atoms with Gasteiger partial charge in [-0.3, -0.25) is 4.79 Å². The van der Waals surface area contributed by atoms with Gasteiger partial charge in [0.15, 0.2) is 6.10 Å². The van der Waals surface area contributed by atoms with E-state index in [9.17, 15) is 9.59 Å². The molecule has 0 saturated heterocycles. The predicted molar refractivity (Wildman–Crippen MR) is 86.6 cm³/mol. The zero-order valence-electron chi connectivity index (χ0n) is 12.9. The molecule has 0 radical (unpaired) electrons. The van der Waals surface area contributed by atoms with Gasteiger partial charge in [-0.25, -0.2) is 4.79 Å². The summed E-state index contributed by atoms with van der Waals surface area (Å²) >= 11 is 0. The van der Waals surface area contributed by atoms with Crippen LogP contribution in [-0.2, 0) is 22.4 Å². The molecule has 1 amide bonds. The Balaban J connectivity index is 1.63. The lowest BCUT2D eigenvalue weighted by molar-refractivity contribution is -0.127. The van der Waals surface area contributed by atoms with E-state index in [1.54, 1.807) is 11.0 Å². The molecule has 0 spiro atoms. The normalized spacial score (nSPS) is 19.1. The van der Waals surface area contributed by atoms with Crippen LogP contribution in [0.4, 0.5) is 5.69 Å². The first-order valence-corrected chi connectivity index (χ1v) is 7.83. The van der Waals surface area contributed by atoms with Crippen LogP contribution in [0.5, 0.6) is 0 Å². The molecule has 1 unspecified atom stereocenters. The number of cyclic esters (lactones) is 1. The summed E-state index contributed by atoms with van der Waals surface area (Å²) in [5.41, 5.74) is 4.69. The van der Waals surface area contributed by atoms with Crippen molar-refractivity contribution in [3.05, 3.63) is 64.7 Å². The Bertz CT molecular complexity index is 812. The molecule has 116 valence electrons. The maximum absolute atomic E-state index is 12.9. The van der Waals surface area contributed by atoms with E-state index in [2.05, 4.69) is 12.1 Å². The lowest BCUT2D eigenvalue weighted by Gasteiger charge is -2.28. The van der Waals surface area contributed by atoms with Crippen molar-refractivity contribution in [2.24, 2.45) is 0 Å². The zero-order valence-corrected chi connectivity index (χ0v) is 12.9. The van der Waals surface area contributed by atoms with Crippen molar-refractivity contribution in [2.45, 2.75) is 25.9 Å². The summed E-state index contributed by atoms with van der Waals surface area (Å²) in [6.45, 7) is 2.66. The number of ether oxygens (including phenoxy) is 1. The Labute approximate surface area is 134 Å². The number of hydrogen-bond acceptors (Lipinski definition) is 3. The minimum absolute atomic E-state index is 0.128. The zero-order chi connectivity index (χ0) is 16.0. The average Bonchev–Trinajstić information content (AvgIpc) is 2.97. The van der Waals surface area contributed by atoms with E-state index in [0.717, 1.165) is 23.2 Å². The Hall–Kier alpha value is -2.62. The number of amides is 1. The SMILES string of the molecule is Cc1ccc2c(c1)N(C(=O)C1Cc3ccccc3C(=O)O1)CC2. The molecular weight excluding hydrogens is 290 g/mol. The van der Waals surface area contributed by atoms with Gasteiger partial charge in [-0.05, 0) is 42.2 Å². The highest BCUT2D eigenvalue weighted by atomic mass is 16.5. The maximum atomic E-state index is 12.9. The molecule has 2 aromatic carbocycles. The summed E-state index contributed by atoms with van der Waals surface area (Å²) in [7, 11) is 0. The second kappa shape index (κ2) is 5.23. The number of nitrogens with zero attached hydrogens (tertiary/aromatic N) is 1. The van der Waals surface area contributed by atoms with Crippen LogP contribution >= 0.6 is 0 Å². The van der Waals surface area contributed by atoms with Gasteiger partial charge in [-0.15, -0.1) is 0 Å². The molecule has 1 atom stereocenters. The number of hydrogen-bond donors (Lipinski definition) is 0.